The van der Waals surface area contributed by atoms with Crippen LogP contribution in [0.15, 0.2) is 42.7 Å². The molecule has 3 heterocycles. The largest absolute Gasteiger partial charge is 0.450 e. The summed E-state index contributed by atoms with van der Waals surface area (Å²) in [7, 11) is 0. The number of fused-ring (bicyclic) bond motifs is 3. The Labute approximate surface area is 159 Å². The van der Waals surface area contributed by atoms with Crippen molar-refractivity contribution < 1.29 is 9.53 Å². The zero-order valence-corrected chi connectivity index (χ0v) is 15.9. The van der Waals surface area contributed by atoms with Crippen molar-refractivity contribution in [3.05, 3.63) is 65.1 Å². The highest BCUT2D eigenvalue weighted by molar-refractivity contribution is 5.87. The van der Waals surface area contributed by atoms with Gasteiger partial charge in [0.2, 0.25) is 0 Å². The summed E-state index contributed by atoms with van der Waals surface area (Å²) in [4.78, 5) is 18.3. The van der Waals surface area contributed by atoms with Gasteiger partial charge in [0.15, 0.2) is 0 Å². The molecule has 2 aromatic heterocycles. The van der Waals surface area contributed by atoms with E-state index < -0.39 is 0 Å². The molecule has 1 aliphatic rings. The number of benzene rings is 1. The number of rotatable bonds is 4. The lowest BCUT2D eigenvalue weighted by molar-refractivity contribution is 0.102. The zero-order chi connectivity index (χ0) is 18.8. The predicted octanol–water partition coefficient (Wildman–Crippen LogP) is 4.10. The maximum atomic E-state index is 12.2. The topological polar surface area (TPSA) is 47.4 Å². The first-order chi connectivity index (χ1) is 13.2. The van der Waals surface area contributed by atoms with Gasteiger partial charge >= 0.3 is 6.09 Å². The Kier molecular flexibility index (Phi) is 4.84. The maximum Gasteiger partial charge on any atom is 0.410 e. The van der Waals surface area contributed by atoms with Crippen molar-refractivity contribution in [2.75, 3.05) is 13.2 Å². The highest BCUT2D eigenvalue weighted by Gasteiger charge is 2.27. The molecule has 0 aliphatic carbocycles. The molecular weight excluding hydrogens is 338 g/mol. The summed E-state index contributed by atoms with van der Waals surface area (Å²) < 4.78 is 7.65. The molecule has 4 rings (SSSR count). The van der Waals surface area contributed by atoms with Gasteiger partial charge in [-0.2, -0.15) is 0 Å². The summed E-state index contributed by atoms with van der Waals surface area (Å²) >= 11 is 0. The summed E-state index contributed by atoms with van der Waals surface area (Å²) in [5.41, 5.74) is 6.34. The van der Waals surface area contributed by atoms with Gasteiger partial charge in [-0.1, -0.05) is 17.7 Å². The standard InChI is InChI=1S/C22H25N3O2/c1-3-27-22(26)24-11-9-21-19(15-24)18-13-16(2)6-7-20(18)25(21)12-8-17-5-4-10-23-14-17/h4-7,10,13-14H,3,8-9,11-12,15H2,1-2H3. The van der Waals surface area contributed by atoms with Crippen molar-refractivity contribution in [1.82, 2.24) is 14.5 Å². The van der Waals surface area contributed by atoms with Gasteiger partial charge in [-0.05, 0) is 44.0 Å². The molecule has 1 amide bonds. The second-order valence-electron chi connectivity index (χ2n) is 7.08. The average molecular weight is 363 g/mol. The van der Waals surface area contributed by atoms with Crippen LogP contribution in [0.4, 0.5) is 4.79 Å². The van der Waals surface area contributed by atoms with Crippen LogP contribution in [0.2, 0.25) is 0 Å². The van der Waals surface area contributed by atoms with Crippen LogP contribution in [0.3, 0.4) is 0 Å². The molecule has 0 atom stereocenters. The van der Waals surface area contributed by atoms with Crippen LogP contribution in [-0.2, 0) is 30.7 Å². The highest BCUT2D eigenvalue weighted by Crippen LogP contribution is 2.32. The lowest BCUT2D eigenvalue weighted by Crippen LogP contribution is -2.36. The molecule has 0 saturated heterocycles. The van der Waals surface area contributed by atoms with E-state index in [1.165, 1.54) is 33.3 Å². The maximum absolute atomic E-state index is 12.2. The number of carbonyl (C=O) groups excluding carboxylic acids is 1. The van der Waals surface area contributed by atoms with Crippen molar-refractivity contribution in [3.63, 3.8) is 0 Å². The van der Waals surface area contributed by atoms with Crippen LogP contribution in [0.1, 0.15) is 29.3 Å². The Morgan fingerprint density at radius 3 is 2.96 bits per heavy atom. The minimum atomic E-state index is -0.216. The smallest absolute Gasteiger partial charge is 0.410 e. The molecule has 0 bridgehead atoms. The summed E-state index contributed by atoms with van der Waals surface area (Å²) in [5.74, 6) is 0. The van der Waals surface area contributed by atoms with E-state index in [9.17, 15) is 4.79 Å². The number of amides is 1. The molecule has 5 nitrogen and oxygen atoms in total. The van der Waals surface area contributed by atoms with E-state index in [4.69, 9.17) is 4.74 Å². The molecule has 0 saturated carbocycles. The van der Waals surface area contributed by atoms with Crippen LogP contribution < -0.4 is 0 Å². The van der Waals surface area contributed by atoms with Gasteiger partial charge in [0.1, 0.15) is 0 Å². The third-order valence-corrected chi connectivity index (χ3v) is 5.28. The summed E-state index contributed by atoms with van der Waals surface area (Å²) in [5, 5.41) is 1.25. The molecule has 1 aliphatic heterocycles. The molecule has 0 spiro atoms. The molecule has 27 heavy (non-hydrogen) atoms. The molecular formula is C22H25N3O2. The SMILES string of the molecule is CCOC(=O)N1CCc2c(c3cc(C)ccc3n2CCc2cccnc2)C1. The first-order valence-electron chi connectivity index (χ1n) is 9.58. The van der Waals surface area contributed by atoms with Gasteiger partial charge in [0, 0.05) is 54.1 Å². The summed E-state index contributed by atoms with van der Waals surface area (Å²) in [6.07, 6.45) is 5.33. The van der Waals surface area contributed by atoms with Crippen molar-refractivity contribution in [1.29, 1.82) is 0 Å². The number of nitrogens with zero attached hydrogens (tertiary/aromatic N) is 3. The zero-order valence-electron chi connectivity index (χ0n) is 15.9. The van der Waals surface area contributed by atoms with E-state index >= 15 is 0 Å². The average Bonchev–Trinajstić information content (AvgIpc) is 2.99. The number of aryl methyl sites for hydroxylation is 3. The Balaban J connectivity index is 1.69. The van der Waals surface area contributed by atoms with Gasteiger partial charge in [-0.15, -0.1) is 0 Å². The van der Waals surface area contributed by atoms with E-state index in [0.717, 1.165) is 19.4 Å². The third-order valence-electron chi connectivity index (χ3n) is 5.28. The Morgan fingerprint density at radius 1 is 1.30 bits per heavy atom. The van der Waals surface area contributed by atoms with Crippen molar-refractivity contribution >= 4 is 17.0 Å². The van der Waals surface area contributed by atoms with Crippen molar-refractivity contribution in [3.8, 4) is 0 Å². The van der Waals surface area contributed by atoms with Crippen LogP contribution in [-0.4, -0.2) is 33.7 Å². The fraction of sp³-hybridized carbons (Fsp3) is 0.364. The van der Waals surface area contributed by atoms with Crippen molar-refractivity contribution in [2.24, 2.45) is 0 Å². The Hall–Kier alpha value is -2.82. The highest BCUT2D eigenvalue weighted by atomic mass is 16.6. The lowest BCUT2D eigenvalue weighted by Gasteiger charge is -2.27. The molecule has 3 aromatic rings. The van der Waals surface area contributed by atoms with Crippen molar-refractivity contribution in [2.45, 2.75) is 39.8 Å². The van der Waals surface area contributed by atoms with E-state index in [-0.39, 0.29) is 6.09 Å². The van der Waals surface area contributed by atoms with Crippen LogP contribution in [0, 0.1) is 6.92 Å². The molecule has 0 N–H and O–H groups in total. The number of carbonyl (C=O) groups is 1. The predicted molar refractivity (Wildman–Crippen MR) is 106 cm³/mol. The van der Waals surface area contributed by atoms with Crippen LogP contribution in [0.25, 0.3) is 10.9 Å². The van der Waals surface area contributed by atoms with E-state index in [1.54, 1.807) is 0 Å². The third kappa shape index (κ3) is 3.42. The summed E-state index contributed by atoms with van der Waals surface area (Å²) in [6, 6.07) is 10.7. The van der Waals surface area contributed by atoms with Crippen LogP contribution >= 0.6 is 0 Å². The number of hydrogen-bond donors (Lipinski definition) is 0. The van der Waals surface area contributed by atoms with E-state index in [0.29, 0.717) is 19.7 Å². The van der Waals surface area contributed by atoms with E-state index in [1.807, 2.05) is 30.3 Å². The molecule has 140 valence electrons. The number of hydrogen-bond acceptors (Lipinski definition) is 3. The first kappa shape index (κ1) is 17.6. The second-order valence-corrected chi connectivity index (χ2v) is 7.08. The lowest BCUT2D eigenvalue weighted by atomic mass is 10.0. The molecule has 0 fully saturated rings. The van der Waals surface area contributed by atoms with Gasteiger partial charge in [-0.25, -0.2) is 4.79 Å². The number of pyridine rings is 1. The fourth-order valence-corrected chi connectivity index (χ4v) is 3.98. The molecule has 0 unspecified atom stereocenters. The Morgan fingerprint density at radius 2 is 2.19 bits per heavy atom. The van der Waals surface area contributed by atoms with Gasteiger partial charge in [0.25, 0.3) is 0 Å². The van der Waals surface area contributed by atoms with E-state index in [2.05, 4.69) is 40.7 Å². The van der Waals surface area contributed by atoms with Gasteiger partial charge in [0.05, 0.1) is 13.2 Å². The minimum absolute atomic E-state index is 0.216. The van der Waals surface area contributed by atoms with Gasteiger partial charge in [-0.3, -0.25) is 4.98 Å². The Bertz CT molecular complexity index is 963. The number of aromatic nitrogens is 2. The quantitative estimate of drug-likeness (QED) is 0.701. The molecule has 1 aromatic carbocycles. The molecule has 0 radical (unpaired) electrons. The fourth-order valence-electron chi connectivity index (χ4n) is 3.98. The monoisotopic (exact) mass is 363 g/mol. The van der Waals surface area contributed by atoms with Crippen LogP contribution in [0.5, 0.6) is 0 Å². The minimum Gasteiger partial charge on any atom is -0.450 e. The molecule has 5 heteroatoms. The number of ether oxygens (including phenoxy) is 1. The first-order valence-corrected chi connectivity index (χ1v) is 9.58. The van der Waals surface area contributed by atoms with Gasteiger partial charge < -0.3 is 14.2 Å². The summed E-state index contributed by atoms with van der Waals surface area (Å²) in [6.45, 7) is 6.61. The normalized spacial score (nSPS) is 13.6. The second kappa shape index (κ2) is 7.43.